The Morgan fingerprint density at radius 3 is 2.50 bits per heavy atom. The van der Waals surface area contributed by atoms with Crippen LogP contribution >= 0.6 is 0 Å². The third kappa shape index (κ3) is 6.59. The minimum Gasteiger partial charge on any atom is -0.358 e. The van der Waals surface area contributed by atoms with E-state index in [1.165, 1.54) is 13.1 Å². The average molecular weight is 548 g/mol. The Labute approximate surface area is 233 Å². The molecule has 0 aliphatic carbocycles. The van der Waals surface area contributed by atoms with E-state index in [1.54, 1.807) is 23.4 Å². The molecule has 2 N–H and O–H groups in total. The smallest absolute Gasteiger partial charge is 0.251 e. The quantitative estimate of drug-likeness (QED) is 0.384. The summed E-state index contributed by atoms with van der Waals surface area (Å²) >= 11 is 0. The number of likely N-dealkylation sites (N-methyl/N-ethyl adjacent to an activating group) is 1. The minimum absolute atomic E-state index is 0.258. The number of benzene rings is 2. The molecular weight excluding hydrogens is 512 g/mol. The van der Waals surface area contributed by atoms with Crippen molar-refractivity contribution in [2.45, 2.75) is 45.2 Å². The van der Waals surface area contributed by atoms with Gasteiger partial charge in [0.15, 0.2) is 0 Å². The maximum absolute atomic E-state index is 14.7. The first-order valence-electron chi connectivity index (χ1n) is 13.6. The molecule has 9 heteroatoms. The average Bonchev–Trinajstić information content (AvgIpc) is 2.96. The number of amides is 2. The molecule has 210 valence electrons. The van der Waals surface area contributed by atoms with Crippen LogP contribution in [0.2, 0.25) is 0 Å². The SMILES string of the molecule is CCCN=C(c1ccncc1)c1cc(C(=O)N[C@@H]2CCCN(C(C(=O)NC)c3c(F)cccc3F)C2)ccc1C. The first-order chi connectivity index (χ1) is 19.3. The van der Waals surface area contributed by atoms with Crippen LogP contribution in [0.4, 0.5) is 8.78 Å². The van der Waals surface area contributed by atoms with E-state index in [4.69, 9.17) is 4.99 Å². The van der Waals surface area contributed by atoms with Gasteiger partial charge in [0.05, 0.1) is 11.3 Å². The Morgan fingerprint density at radius 1 is 1.10 bits per heavy atom. The van der Waals surface area contributed by atoms with Crippen LogP contribution in [0.25, 0.3) is 0 Å². The fraction of sp³-hybridized carbons (Fsp3) is 0.355. The van der Waals surface area contributed by atoms with Crippen LogP contribution in [-0.4, -0.2) is 60.1 Å². The van der Waals surface area contributed by atoms with Crippen molar-refractivity contribution in [2.75, 3.05) is 26.7 Å². The number of nitrogens with one attached hydrogen (secondary N) is 2. The number of hydrogen-bond acceptors (Lipinski definition) is 5. The second-order valence-electron chi connectivity index (χ2n) is 9.96. The first-order valence-corrected chi connectivity index (χ1v) is 13.6. The van der Waals surface area contributed by atoms with Gasteiger partial charge in [0, 0.05) is 55.3 Å². The standard InChI is InChI=1S/C31H35F2N5O2/c1-4-14-36-28(21-12-15-35-16-13-21)24-18-22(11-10-20(24)2)30(39)37-23-7-6-17-38(19-23)29(31(40)34-3)27-25(32)8-5-9-26(27)33/h5,8-13,15-16,18,23,29H,4,6-7,14,17,19H2,1-3H3,(H,34,40)(H,37,39)/t23-,29?/m1/s1. The van der Waals surface area contributed by atoms with Gasteiger partial charge in [-0.05, 0) is 74.7 Å². The first kappa shape index (κ1) is 29.0. The normalized spacial score (nSPS) is 16.8. The fourth-order valence-corrected chi connectivity index (χ4v) is 5.10. The molecule has 0 saturated carbocycles. The zero-order valence-corrected chi connectivity index (χ0v) is 23.1. The molecule has 2 aromatic carbocycles. The van der Waals surface area contributed by atoms with Crippen molar-refractivity contribution in [2.24, 2.45) is 4.99 Å². The van der Waals surface area contributed by atoms with Gasteiger partial charge in [0.1, 0.15) is 17.7 Å². The summed E-state index contributed by atoms with van der Waals surface area (Å²) in [6.07, 6.45) is 5.66. The molecule has 1 aliphatic heterocycles. The predicted octanol–water partition coefficient (Wildman–Crippen LogP) is 4.60. The summed E-state index contributed by atoms with van der Waals surface area (Å²) < 4.78 is 29.4. The van der Waals surface area contributed by atoms with Crippen LogP contribution in [-0.2, 0) is 4.79 Å². The van der Waals surface area contributed by atoms with Crippen molar-refractivity contribution in [3.63, 3.8) is 0 Å². The van der Waals surface area contributed by atoms with Crippen LogP contribution in [0.3, 0.4) is 0 Å². The largest absolute Gasteiger partial charge is 0.358 e. The van der Waals surface area contributed by atoms with Gasteiger partial charge in [-0.25, -0.2) is 8.78 Å². The third-order valence-electron chi connectivity index (χ3n) is 7.12. The molecular formula is C31H35F2N5O2. The van der Waals surface area contributed by atoms with E-state index in [9.17, 15) is 18.4 Å². The van der Waals surface area contributed by atoms with Gasteiger partial charge in [-0.15, -0.1) is 0 Å². The molecule has 1 fully saturated rings. The van der Waals surface area contributed by atoms with E-state index in [1.807, 2.05) is 31.2 Å². The number of piperidine rings is 1. The van der Waals surface area contributed by atoms with Gasteiger partial charge in [0.25, 0.3) is 5.91 Å². The molecule has 2 heterocycles. The highest BCUT2D eigenvalue weighted by Crippen LogP contribution is 2.29. The number of pyridine rings is 1. The number of halogens is 2. The Morgan fingerprint density at radius 2 is 1.82 bits per heavy atom. The number of nitrogens with zero attached hydrogens (tertiary/aromatic N) is 3. The summed E-state index contributed by atoms with van der Waals surface area (Å²) in [4.78, 5) is 36.9. The number of aryl methyl sites for hydroxylation is 1. The van der Waals surface area contributed by atoms with Crippen molar-refractivity contribution in [1.82, 2.24) is 20.5 Å². The van der Waals surface area contributed by atoms with Gasteiger partial charge in [-0.1, -0.05) is 19.1 Å². The molecule has 3 aromatic rings. The second kappa shape index (κ2) is 13.4. The van der Waals surface area contributed by atoms with Crippen LogP contribution in [0.15, 0.2) is 65.9 Å². The molecule has 0 radical (unpaired) electrons. The molecule has 4 rings (SSSR count). The Kier molecular flexibility index (Phi) is 9.71. The van der Waals surface area contributed by atoms with Gasteiger partial charge in [0.2, 0.25) is 5.91 Å². The molecule has 1 aromatic heterocycles. The highest BCUT2D eigenvalue weighted by atomic mass is 19.1. The number of carbonyl (C=O) groups excluding carboxylic acids is 2. The number of rotatable bonds is 9. The number of hydrogen-bond donors (Lipinski definition) is 2. The minimum atomic E-state index is -1.14. The second-order valence-corrected chi connectivity index (χ2v) is 9.96. The van der Waals surface area contributed by atoms with E-state index in [2.05, 4.69) is 22.5 Å². The van der Waals surface area contributed by atoms with Gasteiger partial charge >= 0.3 is 0 Å². The van der Waals surface area contributed by atoms with E-state index >= 15 is 0 Å². The zero-order chi connectivity index (χ0) is 28.6. The molecule has 7 nitrogen and oxygen atoms in total. The number of likely N-dealkylation sites (tertiary alicyclic amines) is 1. The molecule has 1 unspecified atom stereocenters. The lowest BCUT2D eigenvalue weighted by molar-refractivity contribution is -0.127. The van der Waals surface area contributed by atoms with E-state index in [0.717, 1.165) is 41.0 Å². The fourth-order valence-electron chi connectivity index (χ4n) is 5.10. The van der Waals surface area contributed by atoms with Crippen molar-refractivity contribution in [3.8, 4) is 0 Å². The third-order valence-corrected chi connectivity index (χ3v) is 7.12. The lowest BCUT2D eigenvalue weighted by Crippen LogP contribution is -2.51. The highest BCUT2D eigenvalue weighted by molar-refractivity contribution is 6.14. The van der Waals surface area contributed by atoms with E-state index in [-0.39, 0.29) is 24.1 Å². The number of aliphatic imine (C=N–C) groups is 1. The van der Waals surface area contributed by atoms with Crippen molar-refractivity contribution >= 4 is 17.5 Å². The van der Waals surface area contributed by atoms with Crippen LogP contribution in [0, 0.1) is 18.6 Å². The summed E-state index contributed by atoms with van der Waals surface area (Å²) in [6, 6.07) is 11.5. The van der Waals surface area contributed by atoms with Crippen molar-refractivity contribution in [1.29, 1.82) is 0 Å². The van der Waals surface area contributed by atoms with Crippen LogP contribution < -0.4 is 10.6 Å². The zero-order valence-electron chi connectivity index (χ0n) is 23.1. The number of carbonyl (C=O) groups is 2. The maximum atomic E-state index is 14.7. The summed E-state index contributed by atoms with van der Waals surface area (Å²) in [6.45, 7) is 5.44. The molecule has 0 spiro atoms. The molecule has 40 heavy (non-hydrogen) atoms. The molecule has 0 bridgehead atoms. The number of aromatic nitrogens is 1. The highest BCUT2D eigenvalue weighted by Gasteiger charge is 2.35. The summed E-state index contributed by atoms with van der Waals surface area (Å²) in [5.41, 5.74) is 3.79. The monoisotopic (exact) mass is 547 g/mol. The maximum Gasteiger partial charge on any atom is 0.251 e. The van der Waals surface area contributed by atoms with Crippen LogP contribution in [0.5, 0.6) is 0 Å². The topological polar surface area (TPSA) is 86.7 Å². The lowest BCUT2D eigenvalue weighted by Gasteiger charge is -2.38. The van der Waals surface area contributed by atoms with Crippen molar-refractivity contribution < 1.29 is 18.4 Å². The molecule has 2 atom stereocenters. The summed E-state index contributed by atoms with van der Waals surface area (Å²) in [5, 5.41) is 5.61. The lowest BCUT2D eigenvalue weighted by atomic mass is 9.95. The van der Waals surface area contributed by atoms with Gasteiger partial charge in [-0.3, -0.25) is 24.5 Å². The summed E-state index contributed by atoms with van der Waals surface area (Å²) in [5.74, 6) is -2.32. The molecule has 2 amide bonds. The molecule has 1 aliphatic rings. The predicted molar refractivity (Wildman–Crippen MR) is 151 cm³/mol. The van der Waals surface area contributed by atoms with E-state index < -0.39 is 23.6 Å². The van der Waals surface area contributed by atoms with E-state index in [0.29, 0.717) is 31.5 Å². The Hall–Kier alpha value is -3.98. The van der Waals surface area contributed by atoms with Crippen LogP contribution in [0.1, 0.15) is 64.8 Å². The van der Waals surface area contributed by atoms with Crippen molar-refractivity contribution in [3.05, 3.63) is 100 Å². The summed E-state index contributed by atoms with van der Waals surface area (Å²) in [7, 11) is 1.44. The van der Waals surface area contributed by atoms with Gasteiger partial charge in [-0.2, -0.15) is 0 Å². The Balaban J connectivity index is 1.56. The Bertz CT molecular complexity index is 1360. The van der Waals surface area contributed by atoms with Gasteiger partial charge < -0.3 is 10.6 Å². The molecule has 1 saturated heterocycles.